The van der Waals surface area contributed by atoms with E-state index in [9.17, 15) is 4.79 Å². The minimum atomic E-state index is -0.307. The molecule has 2 N–H and O–H groups in total. The van der Waals surface area contributed by atoms with Crippen LogP contribution in [0.3, 0.4) is 0 Å². The van der Waals surface area contributed by atoms with Crippen LogP contribution in [0.4, 0.5) is 10.5 Å². The van der Waals surface area contributed by atoms with E-state index in [2.05, 4.69) is 10.6 Å². The molecule has 0 spiro atoms. The Kier molecular flexibility index (Phi) is 5.61. The molecule has 0 fully saturated rings. The van der Waals surface area contributed by atoms with Gasteiger partial charge in [-0.15, -0.1) is 11.3 Å². The predicted octanol–water partition coefficient (Wildman–Crippen LogP) is 4.22. The zero-order chi connectivity index (χ0) is 15.2. The van der Waals surface area contributed by atoms with Gasteiger partial charge in [-0.1, -0.05) is 23.7 Å². The molecule has 6 heteroatoms. The second-order valence-electron chi connectivity index (χ2n) is 4.49. The van der Waals surface area contributed by atoms with Crippen molar-refractivity contribution in [2.75, 3.05) is 19.0 Å². The van der Waals surface area contributed by atoms with Crippen molar-refractivity contribution >= 4 is 34.7 Å². The Labute approximate surface area is 133 Å². The number of ether oxygens (including phenoxy) is 1. The average molecular weight is 325 g/mol. The van der Waals surface area contributed by atoms with Crippen LogP contribution < -0.4 is 10.6 Å². The van der Waals surface area contributed by atoms with E-state index in [1.165, 1.54) is 4.88 Å². The molecule has 0 aliphatic rings. The number of rotatable bonds is 5. The minimum Gasteiger partial charge on any atom is -0.374 e. The fourth-order valence-electron chi connectivity index (χ4n) is 1.84. The fourth-order valence-corrected chi connectivity index (χ4v) is 2.98. The summed E-state index contributed by atoms with van der Waals surface area (Å²) in [4.78, 5) is 14.2. The van der Waals surface area contributed by atoms with Gasteiger partial charge in [0.15, 0.2) is 0 Å². The first-order valence-electron chi connectivity index (χ1n) is 6.48. The first-order chi connectivity index (χ1) is 10.1. The quantitative estimate of drug-likeness (QED) is 0.865. The van der Waals surface area contributed by atoms with Gasteiger partial charge in [-0.3, -0.25) is 0 Å². The van der Waals surface area contributed by atoms with Gasteiger partial charge in [-0.05, 0) is 31.2 Å². The molecule has 4 nitrogen and oxygen atoms in total. The normalized spacial score (nSPS) is 12.0. The third-order valence-electron chi connectivity index (χ3n) is 2.93. The highest BCUT2D eigenvalue weighted by Crippen LogP contribution is 2.24. The second kappa shape index (κ2) is 7.45. The van der Waals surface area contributed by atoms with Gasteiger partial charge in [-0.25, -0.2) is 4.79 Å². The molecule has 0 saturated carbocycles. The summed E-state index contributed by atoms with van der Waals surface area (Å²) in [5.74, 6) is 0. The number of para-hydroxylation sites is 1. The molecule has 1 aromatic carbocycles. The number of nitrogens with one attached hydrogen (secondary N) is 2. The first-order valence-corrected chi connectivity index (χ1v) is 7.68. The van der Waals surface area contributed by atoms with E-state index in [4.69, 9.17) is 16.3 Å². The van der Waals surface area contributed by atoms with Gasteiger partial charge >= 0.3 is 6.03 Å². The molecular weight excluding hydrogens is 308 g/mol. The van der Waals surface area contributed by atoms with E-state index in [-0.39, 0.29) is 12.1 Å². The summed E-state index contributed by atoms with van der Waals surface area (Å²) in [6.07, 6.45) is -0.152. The Bertz CT molecular complexity index is 615. The highest BCUT2D eigenvalue weighted by Gasteiger charge is 2.14. The van der Waals surface area contributed by atoms with E-state index in [0.717, 1.165) is 4.88 Å². The van der Waals surface area contributed by atoms with Crippen molar-refractivity contribution in [3.63, 3.8) is 0 Å². The lowest BCUT2D eigenvalue weighted by atomic mass is 10.3. The third-order valence-corrected chi connectivity index (χ3v) is 4.36. The molecule has 2 rings (SSSR count). The van der Waals surface area contributed by atoms with Crippen molar-refractivity contribution in [3.8, 4) is 0 Å². The van der Waals surface area contributed by atoms with Crippen LogP contribution in [0.2, 0.25) is 5.02 Å². The van der Waals surface area contributed by atoms with Crippen molar-refractivity contribution in [1.82, 2.24) is 5.32 Å². The van der Waals surface area contributed by atoms with Gasteiger partial charge < -0.3 is 15.4 Å². The molecule has 2 aromatic rings. The van der Waals surface area contributed by atoms with E-state index < -0.39 is 0 Å². The highest BCUT2D eigenvalue weighted by molar-refractivity contribution is 7.12. The lowest BCUT2D eigenvalue weighted by molar-refractivity contribution is 0.107. The number of carbonyl (C=O) groups is 1. The van der Waals surface area contributed by atoms with Crippen LogP contribution in [0.5, 0.6) is 0 Å². The molecule has 0 saturated heterocycles. The van der Waals surface area contributed by atoms with Crippen LogP contribution >= 0.6 is 22.9 Å². The molecule has 112 valence electrons. The SMILES string of the molecule is CO[C@@H](CNC(=O)Nc1ccccc1Cl)c1ccc(C)s1. The Morgan fingerprint density at radius 1 is 1.33 bits per heavy atom. The van der Waals surface area contributed by atoms with Crippen LogP contribution in [0.1, 0.15) is 15.9 Å². The average Bonchev–Trinajstić information content (AvgIpc) is 2.89. The fraction of sp³-hybridized carbons (Fsp3) is 0.267. The number of aryl methyl sites for hydroxylation is 1. The smallest absolute Gasteiger partial charge is 0.319 e. The van der Waals surface area contributed by atoms with Gasteiger partial charge in [-0.2, -0.15) is 0 Å². The lowest BCUT2D eigenvalue weighted by Crippen LogP contribution is -2.32. The topological polar surface area (TPSA) is 50.4 Å². The van der Waals surface area contributed by atoms with Gasteiger partial charge in [0.05, 0.1) is 17.3 Å². The standard InChI is InChI=1S/C15H17ClN2O2S/c1-10-7-8-14(21-10)13(20-2)9-17-15(19)18-12-6-4-3-5-11(12)16/h3-8,13H,9H2,1-2H3,(H2,17,18,19)/t13-/m0/s1. The Morgan fingerprint density at radius 3 is 2.71 bits per heavy atom. The van der Waals surface area contributed by atoms with Crippen molar-refractivity contribution < 1.29 is 9.53 Å². The van der Waals surface area contributed by atoms with Crippen LogP contribution in [0.15, 0.2) is 36.4 Å². The summed E-state index contributed by atoms with van der Waals surface area (Å²) in [7, 11) is 1.63. The number of methoxy groups -OCH3 is 1. The van der Waals surface area contributed by atoms with Gasteiger partial charge in [0, 0.05) is 16.9 Å². The summed E-state index contributed by atoms with van der Waals surface area (Å²) in [6.45, 7) is 2.44. The van der Waals surface area contributed by atoms with E-state index >= 15 is 0 Å². The molecule has 21 heavy (non-hydrogen) atoms. The van der Waals surface area contributed by atoms with Crippen molar-refractivity contribution in [2.45, 2.75) is 13.0 Å². The number of amides is 2. The zero-order valence-corrected chi connectivity index (χ0v) is 13.4. The van der Waals surface area contributed by atoms with Crippen LogP contribution in [-0.4, -0.2) is 19.7 Å². The second-order valence-corrected chi connectivity index (χ2v) is 6.21. The molecule has 0 aliphatic heterocycles. The number of hydrogen-bond donors (Lipinski definition) is 2. The number of urea groups is 1. The first kappa shape index (κ1) is 15.8. The summed E-state index contributed by atoms with van der Waals surface area (Å²) in [6, 6.07) is 10.8. The maximum atomic E-state index is 11.9. The largest absolute Gasteiger partial charge is 0.374 e. The molecule has 0 unspecified atom stereocenters. The maximum absolute atomic E-state index is 11.9. The summed E-state index contributed by atoms with van der Waals surface area (Å²) in [5, 5.41) is 6.01. The minimum absolute atomic E-state index is 0.152. The Hall–Kier alpha value is -1.56. The number of carbonyl (C=O) groups excluding carboxylic acids is 1. The molecule has 0 aliphatic carbocycles. The Balaban J connectivity index is 1.89. The van der Waals surface area contributed by atoms with Crippen molar-refractivity contribution in [1.29, 1.82) is 0 Å². The molecule has 1 atom stereocenters. The molecule has 1 heterocycles. The molecule has 2 amide bonds. The molecule has 0 radical (unpaired) electrons. The lowest BCUT2D eigenvalue weighted by Gasteiger charge is -2.15. The number of anilines is 1. The van der Waals surface area contributed by atoms with Gasteiger partial charge in [0.25, 0.3) is 0 Å². The maximum Gasteiger partial charge on any atom is 0.319 e. The number of benzene rings is 1. The summed E-state index contributed by atoms with van der Waals surface area (Å²) < 4.78 is 5.42. The van der Waals surface area contributed by atoms with Crippen LogP contribution in [-0.2, 0) is 4.74 Å². The monoisotopic (exact) mass is 324 g/mol. The predicted molar refractivity (Wildman–Crippen MR) is 87.3 cm³/mol. The molecule has 1 aromatic heterocycles. The van der Waals surface area contributed by atoms with Crippen molar-refractivity contribution in [2.24, 2.45) is 0 Å². The van der Waals surface area contributed by atoms with E-state index in [1.807, 2.05) is 31.2 Å². The Morgan fingerprint density at radius 2 is 2.10 bits per heavy atom. The number of thiophene rings is 1. The van der Waals surface area contributed by atoms with Crippen LogP contribution in [0, 0.1) is 6.92 Å². The summed E-state index contributed by atoms with van der Waals surface area (Å²) >= 11 is 7.65. The molecule has 0 bridgehead atoms. The van der Waals surface area contributed by atoms with E-state index in [0.29, 0.717) is 17.3 Å². The van der Waals surface area contributed by atoms with E-state index in [1.54, 1.807) is 30.6 Å². The van der Waals surface area contributed by atoms with Crippen LogP contribution in [0.25, 0.3) is 0 Å². The van der Waals surface area contributed by atoms with Crippen molar-refractivity contribution in [3.05, 3.63) is 51.2 Å². The highest BCUT2D eigenvalue weighted by atomic mass is 35.5. The molecular formula is C15H17ClN2O2S. The van der Waals surface area contributed by atoms with Gasteiger partial charge in [0.1, 0.15) is 6.10 Å². The summed E-state index contributed by atoms with van der Waals surface area (Å²) in [5.41, 5.74) is 0.581. The van der Waals surface area contributed by atoms with Gasteiger partial charge in [0.2, 0.25) is 0 Å². The third kappa shape index (κ3) is 4.46. The zero-order valence-electron chi connectivity index (χ0n) is 11.9. The number of hydrogen-bond acceptors (Lipinski definition) is 3. The number of halogens is 1.